The van der Waals surface area contributed by atoms with Crippen LogP contribution < -0.4 is 5.32 Å². The molecule has 1 aromatic heterocycles. The molecule has 3 rings (SSSR count). The number of fused-ring (bicyclic) bond motifs is 1. The lowest BCUT2D eigenvalue weighted by Gasteiger charge is -2.23. The van der Waals surface area contributed by atoms with Crippen LogP contribution in [0.25, 0.3) is 11.0 Å². The summed E-state index contributed by atoms with van der Waals surface area (Å²) in [5, 5.41) is 4.15. The summed E-state index contributed by atoms with van der Waals surface area (Å²) in [4.78, 5) is 4.64. The number of imidazole rings is 1. The fraction of sp³-hybridized carbons (Fsp3) is 0.417. The Morgan fingerprint density at radius 1 is 1.53 bits per heavy atom. The average Bonchev–Trinajstić information content (AvgIpc) is 2.68. The van der Waals surface area contributed by atoms with Gasteiger partial charge in [0.25, 0.3) is 0 Å². The van der Waals surface area contributed by atoms with Gasteiger partial charge in [0.15, 0.2) is 0 Å². The highest BCUT2D eigenvalue weighted by atomic mass is 35.5. The van der Waals surface area contributed by atoms with Crippen molar-refractivity contribution >= 4 is 22.6 Å². The van der Waals surface area contributed by atoms with Gasteiger partial charge in [-0.1, -0.05) is 11.6 Å². The molecule has 17 heavy (non-hydrogen) atoms. The molecule has 2 heterocycles. The summed E-state index contributed by atoms with van der Waals surface area (Å²) in [7, 11) is 2.01. The highest BCUT2D eigenvalue weighted by Gasteiger charge is 2.21. The number of aryl methyl sites for hydroxylation is 1. The van der Waals surface area contributed by atoms with Crippen molar-refractivity contribution in [3.05, 3.63) is 29.0 Å². The number of benzene rings is 1. The number of aromatic nitrogens is 2. The number of halogens is 1. The molecule has 4 nitrogen and oxygen atoms in total. The van der Waals surface area contributed by atoms with E-state index < -0.39 is 0 Å². The summed E-state index contributed by atoms with van der Waals surface area (Å²) in [6.45, 7) is 2.31. The van der Waals surface area contributed by atoms with Crippen LogP contribution in [0.1, 0.15) is 11.9 Å². The number of nitrogens with zero attached hydrogens (tertiary/aromatic N) is 2. The zero-order valence-electron chi connectivity index (χ0n) is 9.61. The third-order valence-electron chi connectivity index (χ3n) is 3.11. The van der Waals surface area contributed by atoms with Crippen LogP contribution in [0.3, 0.4) is 0 Å². The van der Waals surface area contributed by atoms with Gasteiger partial charge in [-0.15, -0.1) is 0 Å². The number of hydrogen-bond donors (Lipinski definition) is 1. The van der Waals surface area contributed by atoms with E-state index in [1.807, 2.05) is 25.2 Å². The molecule has 0 bridgehead atoms. The van der Waals surface area contributed by atoms with Crippen LogP contribution in [0.2, 0.25) is 5.02 Å². The molecule has 2 aromatic rings. The molecule has 1 fully saturated rings. The molecule has 1 saturated heterocycles. The van der Waals surface area contributed by atoms with Gasteiger partial charge in [-0.3, -0.25) is 0 Å². The maximum Gasteiger partial charge on any atom is 0.129 e. The van der Waals surface area contributed by atoms with Crippen molar-refractivity contribution < 1.29 is 4.74 Å². The molecule has 1 unspecified atom stereocenters. The lowest BCUT2D eigenvalue weighted by molar-refractivity contribution is 0.0735. The van der Waals surface area contributed by atoms with E-state index in [0.29, 0.717) is 6.61 Å². The molecular formula is C12H14ClN3O. The summed E-state index contributed by atoms with van der Waals surface area (Å²) >= 11 is 6.00. The maximum atomic E-state index is 6.00. The monoisotopic (exact) mass is 251 g/mol. The molecule has 1 aliphatic rings. The number of hydrogen-bond acceptors (Lipinski definition) is 3. The Bertz CT molecular complexity index is 546. The first kappa shape index (κ1) is 11.0. The predicted octanol–water partition coefficient (Wildman–Crippen LogP) is 1.89. The fourth-order valence-corrected chi connectivity index (χ4v) is 2.39. The Morgan fingerprint density at radius 3 is 3.18 bits per heavy atom. The molecule has 0 radical (unpaired) electrons. The average molecular weight is 252 g/mol. The first-order chi connectivity index (χ1) is 8.25. The van der Waals surface area contributed by atoms with Crippen molar-refractivity contribution in [2.45, 2.75) is 6.04 Å². The fourth-order valence-electron chi connectivity index (χ4n) is 2.22. The Balaban J connectivity index is 2.07. The minimum Gasteiger partial charge on any atom is -0.378 e. The van der Waals surface area contributed by atoms with Gasteiger partial charge in [0.1, 0.15) is 5.82 Å². The van der Waals surface area contributed by atoms with Crippen LogP contribution in [0.4, 0.5) is 0 Å². The van der Waals surface area contributed by atoms with E-state index >= 15 is 0 Å². The summed E-state index contributed by atoms with van der Waals surface area (Å²) in [5.41, 5.74) is 2.03. The standard InChI is InChI=1S/C12H14ClN3O/c1-16-11-6-8(13)2-3-9(11)15-12(16)10-7-17-5-4-14-10/h2-3,6,10,14H,4-5,7H2,1H3. The summed E-state index contributed by atoms with van der Waals surface area (Å²) in [6.07, 6.45) is 0. The van der Waals surface area contributed by atoms with Crippen LogP contribution in [-0.4, -0.2) is 29.3 Å². The molecule has 90 valence electrons. The van der Waals surface area contributed by atoms with Crippen molar-refractivity contribution in [3.63, 3.8) is 0 Å². The summed E-state index contributed by atoms with van der Waals surface area (Å²) < 4.78 is 7.55. The van der Waals surface area contributed by atoms with E-state index in [1.54, 1.807) is 0 Å². The van der Waals surface area contributed by atoms with Gasteiger partial charge < -0.3 is 14.6 Å². The lowest BCUT2D eigenvalue weighted by Crippen LogP contribution is -2.36. The van der Waals surface area contributed by atoms with Gasteiger partial charge in [-0.05, 0) is 18.2 Å². The maximum absolute atomic E-state index is 6.00. The van der Waals surface area contributed by atoms with Crippen LogP contribution in [0, 0.1) is 0 Å². The second-order valence-corrected chi connectivity index (χ2v) is 4.68. The van der Waals surface area contributed by atoms with E-state index in [9.17, 15) is 0 Å². The first-order valence-electron chi connectivity index (χ1n) is 5.69. The first-order valence-corrected chi connectivity index (χ1v) is 6.06. The van der Waals surface area contributed by atoms with Crippen molar-refractivity contribution in [3.8, 4) is 0 Å². The normalized spacial score (nSPS) is 20.9. The smallest absolute Gasteiger partial charge is 0.129 e. The third-order valence-corrected chi connectivity index (χ3v) is 3.35. The van der Waals surface area contributed by atoms with E-state index in [2.05, 4.69) is 14.9 Å². The number of nitrogens with one attached hydrogen (secondary N) is 1. The molecule has 0 saturated carbocycles. The van der Waals surface area contributed by atoms with Crippen LogP contribution in [-0.2, 0) is 11.8 Å². The second-order valence-electron chi connectivity index (χ2n) is 4.24. The second kappa shape index (κ2) is 4.29. The zero-order chi connectivity index (χ0) is 11.8. The number of morpholine rings is 1. The van der Waals surface area contributed by atoms with Crippen LogP contribution in [0.5, 0.6) is 0 Å². The van der Waals surface area contributed by atoms with Gasteiger partial charge in [0.05, 0.1) is 30.3 Å². The van der Waals surface area contributed by atoms with E-state index in [4.69, 9.17) is 16.3 Å². The van der Waals surface area contributed by atoms with Gasteiger partial charge >= 0.3 is 0 Å². The largest absolute Gasteiger partial charge is 0.378 e. The quantitative estimate of drug-likeness (QED) is 0.841. The Hall–Kier alpha value is -1.10. The van der Waals surface area contributed by atoms with Crippen LogP contribution >= 0.6 is 11.6 Å². The molecule has 1 aliphatic heterocycles. The number of rotatable bonds is 1. The molecule has 0 aliphatic carbocycles. The highest BCUT2D eigenvalue weighted by Crippen LogP contribution is 2.23. The minimum absolute atomic E-state index is 0.167. The van der Waals surface area contributed by atoms with Crippen molar-refractivity contribution in [2.24, 2.45) is 7.05 Å². The molecule has 1 N–H and O–H groups in total. The van der Waals surface area contributed by atoms with Crippen molar-refractivity contribution in [1.82, 2.24) is 14.9 Å². The lowest BCUT2D eigenvalue weighted by atomic mass is 10.2. The molecule has 0 spiro atoms. The Kier molecular flexibility index (Phi) is 2.78. The number of ether oxygens (including phenoxy) is 1. The zero-order valence-corrected chi connectivity index (χ0v) is 10.4. The molecular weight excluding hydrogens is 238 g/mol. The molecule has 5 heteroatoms. The minimum atomic E-state index is 0.167. The van der Waals surface area contributed by atoms with Gasteiger partial charge in [0.2, 0.25) is 0 Å². The molecule has 1 atom stereocenters. The third kappa shape index (κ3) is 1.92. The topological polar surface area (TPSA) is 39.1 Å². The van der Waals surface area contributed by atoms with Crippen LogP contribution in [0.15, 0.2) is 18.2 Å². The van der Waals surface area contributed by atoms with E-state index in [0.717, 1.165) is 35.0 Å². The van der Waals surface area contributed by atoms with Gasteiger partial charge in [0, 0.05) is 18.6 Å². The van der Waals surface area contributed by atoms with E-state index in [-0.39, 0.29) is 6.04 Å². The van der Waals surface area contributed by atoms with E-state index in [1.165, 1.54) is 0 Å². The predicted molar refractivity (Wildman–Crippen MR) is 67.3 cm³/mol. The van der Waals surface area contributed by atoms with Gasteiger partial charge in [-0.25, -0.2) is 4.98 Å². The van der Waals surface area contributed by atoms with Gasteiger partial charge in [-0.2, -0.15) is 0 Å². The summed E-state index contributed by atoms with van der Waals surface area (Å²) in [6, 6.07) is 5.92. The van der Waals surface area contributed by atoms with Crippen molar-refractivity contribution in [1.29, 1.82) is 0 Å². The Morgan fingerprint density at radius 2 is 2.41 bits per heavy atom. The van der Waals surface area contributed by atoms with Crippen molar-refractivity contribution in [2.75, 3.05) is 19.8 Å². The molecule has 0 amide bonds. The highest BCUT2D eigenvalue weighted by molar-refractivity contribution is 6.31. The Labute approximate surface area is 105 Å². The summed E-state index contributed by atoms with van der Waals surface area (Å²) in [5.74, 6) is 1.00. The molecule has 1 aromatic carbocycles. The SMILES string of the molecule is Cn1c(C2COCCN2)nc2ccc(Cl)cc21.